The molecule has 0 saturated carbocycles. The second kappa shape index (κ2) is 10.2. The van der Waals surface area contributed by atoms with Gasteiger partial charge in [-0.1, -0.05) is 68.4 Å². The van der Waals surface area contributed by atoms with Crippen LogP contribution in [0.25, 0.3) is 6.08 Å². The van der Waals surface area contributed by atoms with Gasteiger partial charge in [-0.15, -0.1) is 5.10 Å². The van der Waals surface area contributed by atoms with Crippen LogP contribution in [0.2, 0.25) is 0 Å². The van der Waals surface area contributed by atoms with Crippen molar-refractivity contribution in [3.63, 3.8) is 0 Å². The van der Waals surface area contributed by atoms with E-state index in [1.54, 1.807) is 0 Å². The molecule has 1 aromatic heterocycles. The lowest BCUT2D eigenvalue weighted by molar-refractivity contribution is 0.0861. The van der Waals surface area contributed by atoms with Crippen molar-refractivity contribution in [3.05, 3.63) is 65.5 Å². The van der Waals surface area contributed by atoms with E-state index < -0.39 is 6.10 Å². The monoisotopic (exact) mass is 435 g/mol. The summed E-state index contributed by atoms with van der Waals surface area (Å²) < 4.78 is 11.9. The molecule has 160 valence electrons. The average molecular weight is 436 g/mol. The maximum absolute atomic E-state index is 6.09. The molecule has 8 heteroatoms. The fourth-order valence-corrected chi connectivity index (χ4v) is 3.58. The van der Waals surface area contributed by atoms with Crippen LogP contribution in [0, 0.1) is 0 Å². The Kier molecular flexibility index (Phi) is 6.89. The summed E-state index contributed by atoms with van der Waals surface area (Å²) >= 11 is 5.54. The van der Waals surface area contributed by atoms with Crippen LogP contribution in [-0.4, -0.2) is 32.2 Å². The summed E-state index contributed by atoms with van der Waals surface area (Å²) in [6.07, 6.45) is 8.31. The first kappa shape index (κ1) is 21.0. The molecule has 0 radical (unpaired) electrons. The lowest BCUT2D eigenvalue weighted by atomic mass is 10.0. The van der Waals surface area contributed by atoms with E-state index in [9.17, 15) is 0 Å². The molecule has 31 heavy (non-hydrogen) atoms. The van der Waals surface area contributed by atoms with Gasteiger partial charge >= 0.3 is 0 Å². The van der Waals surface area contributed by atoms with Gasteiger partial charge in [0.2, 0.25) is 0 Å². The Balaban J connectivity index is 1.42. The zero-order chi connectivity index (χ0) is 21.5. The smallest absolute Gasteiger partial charge is 0.193 e. The Bertz CT molecular complexity index is 1050. The molecule has 4 rings (SSSR count). The van der Waals surface area contributed by atoms with Gasteiger partial charge in [0.25, 0.3) is 0 Å². The van der Waals surface area contributed by atoms with Crippen LogP contribution in [0.3, 0.4) is 0 Å². The van der Waals surface area contributed by atoms with Crippen LogP contribution >= 0.6 is 12.2 Å². The van der Waals surface area contributed by atoms with Crippen LogP contribution < -0.4 is 14.8 Å². The molecular weight excluding hydrogens is 410 g/mol. The Hall–Kier alpha value is -3.26. The first-order valence-electron chi connectivity index (χ1n) is 10.5. The number of anilines is 1. The molecule has 2 N–H and O–H groups in total. The van der Waals surface area contributed by atoms with Crippen molar-refractivity contribution in [1.29, 1.82) is 0 Å². The minimum Gasteiger partial charge on any atom is -0.485 e. The zero-order valence-electron chi connectivity index (χ0n) is 17.4. The number of aryl methyl sites for hydroxylation is 1. The Morgan fingerprint density at radius 3 is 3.00 bits per heavy atom. The standard InChI is InChI=1S/C23H25N5O2S/c1-2-3-4-7-16-8-5-9-17(14-16)12-13-21(31)24-18-10-6-11-19-22(18)30-20(15-29-19)23-25-27-28-26-23/h5-6,8-14,20H,2-4,7,15H2,1H3,(H,24,31)(H,25,26,27,28)/b13-12+. The number of rotatable bonds is 8. The van der Waals surface area contributed by atoms with Crippen molar-refractivity contribution in [3.8, 4) is 11.5 Å². The summed E-state index contributed by atoms with van der Waals surface area (Å²) in [4.78, 5) is 0.580. The molecule has 0 bridgehead atoms. The summed E-state index contributed by atoms with van der Waals surface area (Å²) in [7, 11) is 0. The summed E-state index contributed by atoms with van der Waals surface area (Å²) in [5.41, 5.74) is 3.22. The number of H-pyrrole nitrogens is 1. The topological polar surface area (TPSA) is 85.0 Å². The van der Waals surface area contributed by atoms with E-state index in [4.69, 9.17) is 21.7 Å². The highest BCUT2D eigenvalue weighted by molar-refractivity contribution is 7.81. The summed E-state index contributed by atoms with van der Waals surface area (Å²) in [6.45, 7) is 2.55. The molecular formula is C23H25N5O2S. The van der Waals surface area contributed by atoms with E-state index in [1.807, 2.05) is 30.4 Å². The van der Waals surface area contributed by atoms with Crippen LogP contribution in [0.1, 0.15) is 49.2 Å². The Morgan fingerprint density at radius 2 is 2.16 bits per heavy atom. The Labute approximate surface area is 186 Å². The van der Waals surface area contributed by atoms with Crippen LogP contribution in [0.15, 0.2) is 48.5 Å². The molecule has 1 aliphatic rings. The fourth-order valence-electron chi connectivity index (χ4n) is 3.41. The number of tetrazole rings is 1. The molecule has 2 heterocycles. The molecule has 0 aliphatic carbocycles. The first-order valence-corrected chi connectivity index (χ1v) is 10.9. The van der Waals surface area contributed by atoms with Crippen molar-refractivity contribution in [2.24, 2.45) is 0 Å². The van der Waals surface area contributed by atoms with Crippen LogP contribution in [-0.2, 0) is 6.42 Å². The number of hydrogen-bond acceptors (Lipinski definition) is 6. The van der Waals surface area contributed by atoms with E-state index in [0.29, 0.717) is 28.9 Å². The van der Waals surface area contributed by atoms with Gasteiger partial charge in [-0.2, -0.15) is 0 Å². The summed E-state index contributed by atoms with van der Waals surface area (Å²) in [5, 5.41) is 17.1. The van der Waals surface area contributed by atoms with Gasteiger partial charge in [0.1, 0.15) is 11.6 Å². The van der Waals surface area contributed by atoms with Gasteiger partial charge in [0, 0.05) is 0 Å². The molecule has 2 aromatic carbocycles. The van der Waals surface area contributed by atoms with E-state index in [-0.39, 0.29) is 0 Å². The van der Waals surface area contributed by atoms with E-state index in [2.05, 4.69) is 57.1 Å². The molecule has 0 amide bonds. The highest BCUT2D eigenvalue weighted by atomic mass is 32.1. The van der Waals surface area contributed by atoms with Crippen molar-refractivity contribution in [2.45, 2.75) is 38.7 Å². The molecule has 1 aliphatic heterocycles. The summed E-state index contributed by atoms with van der Waals surface area (Å²) in [6, 6.07) is 14.2. The molecule has 7 nitrogen and oxygen atoms in total. The molecule has 1 atom stereocenters. The van der Waals surface area contributed by atoms with Crippen molar-refractivity contribution in [1.82, 2.24) is 20.6 Å². The lowest BCUT2D eigenvalue weighted by Crippen LogP contribution is -2.23. The van der Waals surface area contributed by atoms with E-state index in [1.165, 1.54) is 24.8 Å². The number of ether oxygens (including phenoxy) is 2. The van der Waals surface area contributed by atoms with Crippen molar-refractivity contribution < 1.29 is 9.47 Å². The molecule has 0 fully saturated rings. The number of unbranched alkanes of at least 4 members (excludes halogenated alkanes) is 2. The predicted molar refractivity (Wildman–Crippen MR) is 124 cm³/mol. The zero-order valence-corrected chi connectivity index (χ0v) is 18.2. The highest BCUT2D eigenvalue weighted by Crippen LogP contribution is 2.41. The van der Waals surface area contributed by atoms with Gasteiger partial charge in [0.15, 0.2) is 23.4 Å². The SMILES string of the molecule is CCCCCc1cccc(/C=C/C(=S)Nc2cccc3c2OC(c2nnn[nH]2)CO3)c1. The quantitative estimate of drug-likeness (QED) is 0.296. The van der Waals surface area contributed by atoms with Crippen LogP contribution in [0.5, 0.6) is 11.5 Å². The minimum absolute atomic E-state index is 0.326. The number of para-hydroxylation sites is 1. The number of benzene rings is 2. The highest BCUT2D eigenvalue weighted by Gasteiger charge is 2.27. The number of hydrogen-bond donors (Lipinski definition) is 2. The number of nitrogens with zero attached hydrogens (tertiary/aromatic N) is 3. The average Bonchev–Trinajstić information content (AvgIpc) is 3.33. The number of thiocarbonyl (C=S) groups is 1. The number of fused-ring (bicyclic) bond motifs is 1. The molecule has 1 unspecified atom stereocenters. The van der Waals surface area contributed by atoms with Gasteiger partial charge in [-0.3, -0.25) is 0 Å². The lowest BCUT2D eigenvalue weighted by Gasteiger charge is -2.26. The second-order valence-electron chi connectivity index (χ2n) is 7.36. The minimum atomic E-state index is -0.412. The number of aromatic amines is 1. The first-order chi connectivity index (χ1) is 15.2. The van der Waals surface area contributed by atoms with Crippen molar-refractivity contribution >= 4 is 29.0 Å². The van der Waals surface area contributed by atoms with Crippen LogP contribution in [0.4, 0.5) is 5.69 Å². The third-order valence-corrected chi connectivity index (χ3v) is 5.24. The van der Waals surface area contributed by atoms with E-state index in [0.717, 1.165) is 17.7 Å². The molecule has 0 saturated heterocycles. The van der Waals surface area contributed by atoms with Gasteiger partial charge < -0.3 is 14.8 Å². The number of nitrogens with one attached hydrogen (secondary N) is 2. The summed E-state index contributed by atoms with van der Waals surface area (Å²) in [5.74, 6) is 1.76. The normalized spacial score (nSPS) is 15.2. The predicted octanol–water partition coefficient (Wildman–Crippen LogP) is 4.90. The van der Waals surface area contributed by atoms with Gasteiger partial charge in [0.05, 0.1) is 5.69 Å². The second-order valence-corrected chi connectivity index (χ2v) is 7.80. The fraction of sp³-hybridized carbons (Fsp3) is 0.304. The Morgan fingerprint density at radius 1 is 1.26 bits per heavy atom. The van der Waals surface area contributed by atoms with Gasteiger partial charge in [-0.05, 0) is 52.6 Å². The maximum Gasteiger partial charge on any atom is 0.193 e. The largest absolute Gasteiger partial charge is 0.485 e. The van der Waals surface area contributed by atoms with E-state index >= 15 is 0 Å². The maximum atomic E-state index is 6.09. The van der Waals surface area contributed by atoms with Gasteiger partial charge in [-0.25, -0.2) is 5.10 Å². The molecule has 0 spiro atoms. The third kappa shape index (κ3) is 5.46. The third-order valence-electron chi connectivity index (χ3n) is 5.00. The molecule has 3 aromatic rings. The number of aromatic nitrogens is 4. The van der Waals surface area contributed by atoms with Crippen molar-refractivity contribution in [2.75, 3.05) is 11.9 Å².